The molecule has 4 nitrogen and oxygen atoms in total. The van der Waals surface area contributed by atoms with Gasteiger partial charge in [-0.05, 0) is 43.9 Å². The summed E-state index contributed by atoms with van der Waals surface area (Å²) >= 11 is 0. The van der Waals surface area contributed by atoms with Gasteiger partial charge in [0, 0.05) is 30.1 Å². The number of aliphatic hydroxyl groups excluding tert-OH is 2. The number of carbonyl (C=O) groups excluding carboxylic acids is 1. The highest BCUT2D eigenvalue weighted by Crippen LogP contribution is 2.35. The Morgan fingerprint density at radius 1 is 1.27 bits per heavy atom. The van der Waals surface area contributed by atoms with Crippen molar-refractivity contribution >= 4 is 5.97 Å². The van der Waals surface area contributed by atoms with Gasteiger partial charge < -0.3 is 14.9 Å². The summed E-state index contributed by atoms with van der Waals surface area (Å²) in [6.45, 7) is 7.42. The van der Waals surface area contributed by atoms with Gasteiger partial charge in [0.2, 0.25) is 0 Å². The van der Waals surface area contributed by atoms with Crippen molar-refractivity contribution in [1.82, 2.24) is 0 Å². The molecule has 140 valence electrons. The van der Waals surface area contributed by atoms with E-state index in [2.05, 4.69) is 31.7 Å². The SMILES string of the molecule is C=C(C)C(=O)Oc1ccc(C2(C)C=CC(CCC(CO)CO)=CC2)cc1. The average Bonchev–Trinajstić information content (AvgIpc) is 2.64. The molecule has 1 unspecified atom stereocenters. The molecular formula is C22H28O4. The van der Waals surface area contributed by atoms with E-state index in [1.807, 2.05) is 24.3 Å². The topological polar surface area (TPSA) is 66.8 Å². The minimum atomic E-state index is -0.418. The lowest BCUT2D eigenvalue weighted by Crippen LogP contribution is -2.20. The van der Waals surface area contributed by atoms with Crippen LogP contribution >= 0.6 is 0 Å². The normalized spacial score (nSPS) is 19.3. The van der Waals surface area contributed by atoms with E-state index in [0.717, 1.165) is 24.8 Å². The number of hydrogen-bond acceptors (Lipinski definition) is 4. The fourth-order valence-corrected chi connectivity index (χ4v) is 2.88. The Balaban J connectivity index is 1.98. The van der Waals surface area contributed by atoms with E-state index in [1.165, 1.54) is 5.57 Å². The number of benzene rings is 1. The Morgan fingerprint density at radius 2 is 1.92 bits per heavy atom. The van der Waals surface area contributed by atoms with Crippen LogP contribution < -0.4 is 4.74 Å². The molecule has 1 aliphatic rings. The van der Waals surface area contributed by atoms with Gasteiger partial charge in [-0.2, -0.15) is 0 Å². The minimum Gasteiger partial charge on any atom is -0.423 e. The second-order valence-corrected chi connectivity index (χ2v) is 7.20. The van der Waals surface area contributed by atoms with E-state index in [-0.39, 0.29) is 24.5 Å². The fraction of sp³-hybridized carbons (Fsp3) is 0.409. The molecule has 0 saturated heterocycles. The van der Waals surface area contributed by atoms with Crippen molar-refractivity contribution in [2.24, 2.45) is 5.92 Å². The van der Waals surface area contributed by atoms with Crippen LogP contribution in [0.3, 0.4) is 0 Å². The summed E-state index contributed by atoms with van der Waals surface area (Å²) in [6, 6.07) is 7.58. The summed E-state index contributed by atoms with van der Waals surface area (Å²) in [5.41, 5.74) is 2.66. The van der Waals surface area contributed by atoms with Crippen LogP contribution in [0.15, 0.2) is 60.2 Å². The number of allylic oxidation sites excluding steroid dienone is 4. The van der Waals surface area contributed by atoms with Gasteiger partial charge in [0.25, 0.3) is 0 Å². The number of hydrogen-bond donors (Lipinski definition) is 2. The Kier molecular flexibility index (Phi) is 6.95. The van der Waals surface area contributed by atoms with E-state index >= 15 is 0 Å². The molecule has 0 fully saturated rings. The van der Waals surface area contributed by atoms with Crippen molar-refractivity contribution in [1.29, 1.82) is 0 Å². The summed E-state index contributed by atoms with van der Waals surface area (Å²) < 4.78 is 5.23. The zero-order chi connectivity index (χ0) is 19.2. The molecule has 0 bridgehead atoms. The smallest absolute Gasteiger partial charge is 0.338 e. The first-order valence-electron chi connectivity index (χ1n) is 8.96. The first-order chi connectivity index (χ1) is 12.4. The molecular weight excluding hydrogens is 328 g/mol. The monoisotopic (exact) mass is 356 g/mol. The predicted molar refractivity (Wildman–Crippen MR) is 103 cm³/mol. The number of rotatable bonds is 8. The predicted octanol–water partition coefficient (Wildman–Crippen LogP) is 3.69. The first kappa shape index (κ1) is 20.1. The van der Waals surface area contributed by atoms with Crippen LogP contribution in [-0.2, 0) is 10.2 Å². The highest BCUT2D eigenvalue weighted by molar-refractivity contribution is 5.88. The average molecular weight is 356 g/mol. The van der Waals surface area contributed by atoms with Crippen molar-refractivity contribution in [2.45, 2.75) is 38.5 Å². The van der Waals surface area contributed by atoms with E-state index in [1.54, 1.807) is 6.92 Å². The van der Waals surface area contributed by atoms with Crippen molar-refractivity contribution in [2.75, 3.05) is 13.2 Å². The lowest BCUT2D eigenvalue weighted by Gasteiger charge is -2.29. The van der Waals surface area contributed by atoms with Crippen molar-refractivity contribution in [3.63, 3.8) is 0 Å². The van der Waals surface area contributed by atoms with Crippen molar-refractivity contribution < 1.29 is 19.7 Å². The lowest BCUT2D eigenvalue weighted by atomic mass is 9.75. The minimum absolute atomic E-state index is 0.0213. The molecule has 0 saturated carbocycles. The van der Waals surface area contributed by atoms with Crippen LogP contribution in [-0.4, -0.2) is 29.4 Å². The number of esters is 1. The van der Waals surface area contributed by atoms with E-state index < -0.39 is 5.97 Å². The Morgan fingerprint density at radius 3 is 2.42 bits per heavy atom. The van der Waals surface area contributed by atoms with E-state index in [0.29, 0.717) is 11.3 Å². The molecule has 0 spiro atoms. The third-order valence-corrected chi connectivity index (χ3v) is 4.88. The standard InChI is InChI=1S/C22H28O4/c1-16(2)21(25)26-20-8-6-19(7-9-20)22(3)12-10-17(11-13-22)4-5-18(14-23)15-24/h6-12,18,23-24H,1,4-5,13-15H2,2-3H3. The van der Waals surface area contributed by atoms with Gasteiger partial charge in [-0.3, -0.25) is 0 Å². The Bertz CT molecular complexity index is 695. The molecule has 1 aromatic rings. The summed E-state index contributed by atoms with van der Waals surface area (Å²) in [4.78, 5) is 11.6. The molecule has 0 heterocycles. The van der Waals surface area contributed by atoms with Crippen LogP contribution in [0, 0.1) is 5.92 Å². The Hall–Kier alpha value is -2.17. The number of aliphatic hydroxyl groups is 2. The zero-order valence-electron chi connectivity index (χ0n) is 15.6. The quantitative estimate of drug-likeness (QED) is 0.423. The zero-order valence-corrected chi connectivity index (χ0v) is 15.6. The van der Waals surface area contributed by atoms with Gasteiger partial charge in [-0.15, -0.1) is 0 Å². The molecule has 26 heavy (non-hydrogen) atoms. The van der Waals surface area contributed by atoms with Crippen LogP contribution in [0.25, 0.3) is 0 Å². The highest BCUT2D eigenvalue weighted by Gasteiger charge is 2.25. The molecule has 2 rings (SSSR count). The van der Waals surface area contributed by atoms with Gasteiger partial charge in [-0.1, -0.05) is 49.4 Å². The maximum Gasteiger partial charge on any atom is 0.338 e. The molecule has 1 aliphatic carbocycles. The molecule has 0 amide bonds. The third-order valence-electron chi connectivity index (χ3n) is 4.88. The van der Waals surface area contributed by atoms with Gasteiger partial charge in [0.15, 0.2) is 0 Å². The molecule has 1 atom stereocenters. The maximum absolute atomic E-state index is 11.6. The largest absolute Gasteiger partial charge is 0.423 e. The Labute approximate surface area is 155 Å². The van der Waals surface area contributed by atoms with E-state index in [4.69, 9.17) is 14.9 Å². The van der Waals surface area contributed by atoms with Crippen molar-refractivity contribution in [3.05, 3.63) is 65.8 Å². The fourth-order valence-electron chi connectivity index (χ4n) is 2.88. The molecule has 0 aliphatic heterocycles. The van der Waals surface area contributed by atoms with E-state index in [9.17, 15) is 4.79 Å². The van der Waals surface area contributed by atoms with Gasteiger partial charge in [0.05, 0.1) is 0 Å². The summed E-state index contributed by atoms with van der Waals surface area (Å²) in [6.07, 6.45) is 9.07. The lowest BCUT2D eigenvalue weighted by molar-refractivity contribution is -0.130. The molecule has 0 radical (unpaired) electrons. The first-order valence-corrected chi connectivity index (χ1v) is 8.96. The number of carbonyl (C=O) groups is 1. The van der Waals surface area contributed by atoms with Gasteiger partial charge in [0.1, 0.15) is 5.75 Å². The second kappa shape index (κ2) is 8.97. The number of ether oxygens (including phenoxy) is 1. The molecule has 4 heteroatoms. The summed E-state index contributed by atoms with van der Waals surface area (Å²) in [5.74, 6) is 0.0469. The summed E-state index contributed by atoms with van der Waals surface area (Å²) in [5, 5.41) is 18.3. The van der Waals surface area contributed by atoms with Gasteiger partial charge in [-0.25, -0.2) is 4.79 Å². The molecule has 1 aromatic carbocycles. The van der Waals surface area contributed by atoms with Crippen LogP contribution in [0.4, 0.5) is 0 Å². The molecule has 2 N–H and O–H groups in total. The molecule has 0 aromatic heterocycles. The maximum atomic E-state index is 11.6. The summed E-state index contributed by atoms with van der Waals surface area (Å²) in [7, 11) is 0. The van der Waals surface area contributed by atoms with Crippen LogP contribution in [0.2, 0.25) is 0 Å². The van der Waals surface area contributed by atoms with Crippen LogP contribution in [0.5, 0.6) is 5.75 Å². The highest BCUT2D eigenvalue weighted by atomic mass is 16.5. The third kappa shape index (κ3) is 5.16. The van der Waals surface area contributed by atoms with Crippen molar-refractivity contribution in [3.8, 4) is 5.75 Å². The van der Waals surface area contributed by atoms with Gasteiger partial charge >= 0.3 is 5.97 Å². The van der Waals surface area contributed by atoms with Crippen LogP contribution in [0.1, 0.15) is 38.7 Å². The second-order valence-electron chi connectivity index (χ2n) is 7.20.